The number of halogens is 2. The first-order chi connectivity index (χ1) is 11.1. The summed E-state index contributed by atoms with van der Waals surface area (Å²) in [5, 5.41) is 0.961. The molecule has 2 fully saturated rings. The number of aromatic nitrogens is 1. The summed E-state index contributed by atoms with van der Waals surface area (Å²) in [6.45, 7) is 4.33. The van der Waals surface area contributed by atoms with Crippen molar-refractivity contribution >= 4 is 41.6 Å². The van der Waals surface area contributed by atoms with Crippen molar-refractivity contribution in [1.82, 2.24) is 9.88 Å². The predicted molar refractivity (Wildman–Crippen MR) is 106 cm³/mol. The fourth-order valence-electron chi connectivity index (χ4n) is 3.50. The van der Waals surface area contributed by atoms with Crippen molar-refractivity contribution in [2.24, 2.45) is 11.1 Å². The van der Waals surface area contributed by atoms with Gasteiger partial charge in [0.15, 0.2) is 0 Å². The molecule has 2 heterocycles. The molecule has 1 unspecified atom stereocenters. The Balaban J connectivity index is 0.00000113. The average molecular weight is 382 g/mol. The van der Waals surface area contributed by atoms with E-state index in [1.807, 2.05) is 35.2 Å². The summed E-state index contributed by atoms with van der Waals surface area (Å²) in [7, 11) is 0. The van der Waals surface area contributed by atoms with Gasteiger partial charge in [-0.25, -0.2) is 0 Å². The topological polar surface area (TPSA) is 59.2 Å². The predicted octanol–water partition coefficient (Wildman–Crippen LogP) is 3.77. The third-order valence-corrected chi connectivity index (χ3v) is 5.30. The second kappa shape index (κ2) is 7.48. The van der Waals surface area contributed by atoms with Crippen molar-refractivity contribution in [3.05, 3.63) is 41.6 Å². The van der Waals surface area contributed by atoms with Crippen LogP contribution in [0.25, 0.3) is 10.9 Å². The molecule has 4 nitrogen and oxygen atoms in total. The minimum Gasteiger partial charge on any atom is -0.338 e. The average Bonchev–Trinajstić information content (AvgIpc) is 3.36. The van der Waals surface area contributed by atoms with E-state index >= 15 is 0 Å². The number of amides is 1. The largest absolute Gasteiger partial charge is 0.338 e. The Morgan fingerprint density at radius 1 is 1.32 bits per heavy atom. The highest BCUT2D eigenvalue weighted by Gasteiger charge is 2.36. The van der Waals surface area contributed by atoms with E-state index in [0.29, 0.717) is 12.5 Å². The summed E-state index contributed by atoms with van der Waals surface area (Å²) >= 11 is 0. The zero-order valence-electron chi connectivity index (χ0n) is 14.4. The molecule has 4 rings (SSSR count). The molecule has 1 aromatic carbocycles. The number of carbonyl (C=O) groups is 1. The normalized spacial score (nSPS) is 22.4. The molecule has 0 spiro atoms. The summed E-state index contributed by atoms with van der Waals surface area (Å²) in [5.41, 5.74) is 8.75. The van der Waals surface area contributed by atoms with Gasteiger partial charge in [0.1, 0.15) is 0 Å². The van der Waals surface area contributed by atoms with Gasteiger partial charge in [-0.05, 0) is 43.4 Å². The van der Waals surface area contributed by atoms with Gasteiger partial charge in [-0.1, -0.05) is 25.1 Å². The maximum atomic E-state index is 13.1. The highest BCUT2D eigenvalue weighted by molar-refractivity contribution is 6.06. The van der Waals surface area contributed by atoms with Crippen LogP contribution in [0, 0.1) is 5.41 Å². The molecule has 0 radical (unpaired) electrons. The van der Waals surface area contributed by atoms with Gasteiger partial charge in [0, 0.05) is 30.1 Å². The molecule has 1 amide bonds. The molecule has 2 aliphatic rings. The Morgan fingerprint density at radius 3 is 2.68 bits per heavy atom. The summed E-state index contributed by atoms with van der Waals surface area (Å²) in [6, 6.07) is 10.0. The molecule has 0 bridgehead atoms. The van der Waals surface area contributed by atoms with Crippen LogP contribution < -0.4 is 5.73 Å². The van der Waals surface area contributed by atoms with Crippen LogP contribution in [0.5, 0.6) is 0 Å². The number of pyridine rings is 1. The van der Waals surface area contributed by atoms with Crippen LogP contribution in [0.1, 0.15) is 48.2 Å². The highest BCUT2D eigenvalue weighted by Crippen LogP contribution is 2.40. The van der Waals surface area contributed by atoms with E-state index in [4.69, 9.17) is 10.7 Å². The summed E-state index contributed by atoms with van der Waals surface area (Å²) < 4.78 is 0. The molecule has 1 atom stereocenters. The van der Waals surface area contributed by atoms with Crippen LogP contribution in [-0.4, -0.2) is 35.4 Å². The Kier molecular flexibility index (Phi) is 5.97. The van der Waals surface area contributed by atoms with E-state index in [9.17, 15) is 4.79 Å². The van der Waals surface area contributed by atoms with Gasteiger partial charge < -0.3 is 10.6 Å². The molecule has 1 saturated carbocycles. The Hall–Kier alpha value is -1.36. The first kappa shape index (κ1) is 20.0. The quantitative estimate of drug-likeness (QED) is 0.879. The number of benzene rings is 1. The van der Waals surface area contributed by atoms with Crippen LogP contribution in [0.2, 0.25) is 0 Å². The van der Waals surface area contributed by atoms with Crippen molar-refractivity contribution in [3.63, 3.8) is 0 Å². The van der Waals surface area contributed by atoms with Gasteiger partial charge in [0.2, 0.25) is 0 Å². The molecule has 1 aliphatic heterocycles. The van der Waals surface area contributed by atoms with E-state index in [1.165, 1.54) is 12.8 Å². The number of fused-ring (bicyclic) bond motifs is 1. The lowest BCUT2D eigenvalue weighted by Crippen LogP contribution is -2.34. The van der Waals surface area contributed by atoms with E-state index in [1.54, 1.807) is 0 Å². The first-order valence-corrected chi connectivity index (χ1v) is 8.49. The number of hydrogen-bond donors (Lipinski definition) is 1. The maximum Gasteiger partial charge on any atom is 0.254 e. The lowest BCUT2D eigenvalue weighted by Gasteiger charge is -2.23. The van der Waals surface area contributed by atoms with Crippen molar-refractivity contribution in [3.8, 4) is 0 Å². The van der Waals surface area contributed by atoms with Crippen LogP contribution >= 0.6 is 24.8 Å². The van der Waals surface area contributed by atoms with Crippen LogP contribution in [0.4, 0.5) is 0 Å². The van der Waals surface area contributed by atoms with E-state index in [-0.39, 0.29) is 36.1 Å². The number of rotatable bonds is 3. The van der Waals surface area contributed by atoms with Gasteiger partial charge >= 0.3 is 0 Å². The van der Waals surface area contributed by atoms with Crippen molar-refractivity contribution < 1.29 is 4.79 Å². The minimum absolute atomic E-state index is 0. The number of nitrogens with zero attached hydrogens (tertiary/aromatic N) is 2. The van der Waals surface area contributed by atoms with E-state index in [0.717, 1.165) is 41.7 Å². The standard InChI is InChI=1S/C19H23N3O.2ClH/c1-19(11-20)8-9-22(12-19)18(23)15-10-17(13-6-7-13)21-16-5-3-2-4-14(15)16;;/h2-5,10,13H,6-9,11-12,20H2,1H3;2*1H. The van der Waals surface area contributed by atoms with Crippen LogP contribution in [0.3, 0.4) is 0 Å². The van der Waals surface area contributed by atoms with Crippen LogP contribution in [0.15, 0.2) is 30.3 Å². The molecule has 6 heteroatoms. The second-order valence-corrected chi connectivity index (χ2v) is 7.38. The SMILES string of the molecule is CC1(CN)CCN(C(=O)c2cc(C3CC3)nc3ccccc23)C1.Cl.Cl. The number of likely N-dealkylation sites (tertiary alicyclic amines) is 1. The molecular weight excluding hydrogens is 357 g/mol. The zero-order chi connectivity index (χ0) is 16.0. The number of carbonyl (C=O) groups excluding carboxylic acids is 1. The van der Waals surface area contributed by atoms with Crippen molar-refractivity contribution in [2.45, 2.75) is 32.1 Å². The van der Waals surface area contributed by atoms with Crippen molar-refractivity contribution in [2.75, 3.05) is 19.6 Å². The highest BCUT2D eigenvalue weighted by atomic mass is 35.5. The van der Waals surface area contributed by atoms with Crippen LogP contribution in [-0.2, 0) is 0 Å². The fraction of sp³-hybridized carbons (Fsp3) is 0.474. The number of hydrogen-bond acceptors (Lipinski definition) is 3. The molecule has 2 aromatic rings. The molecule has 2 N–H and O–H groups in total. The fourth-order valence-corrected chi connectivity index (χ4v) is 3.50. The molecule has 1 aromatic heterocycles. The maximum absolute atomic E-state index is 13.1. The minimum atomic E-state index is 0. The zero-order valence-corrected chi connectivity index (χ0v) is 16.0. The summed E-state index contributed by atoms with van der Waals surface area (Å²) in [6.07, 6.45) is 3.36. The second-order valence-electron chi connectivity index (χ2n) is 7.38. The Morgan fingerprint density at radius 2 is 2.04 bits per heavy atom. The van der Waals surface area contributed by atoms with Gasteiger partial charge in [0.25, 0.3) is 5.91 Å². The van der Waals surface area contributed by atoms with E-state index < -0.39 is 0 Å². The molecule has 136 valence electrons. The van der Waals surface area contributed by atoms with Gasteiger partial charge in [-0.15, -0.1) is 24.8 Å². The molecule has 1 aliphatic carbocycles. The number of nitrogens with two attached hydrogens (primary N) is 1. The summed E-state index contributed by atoms with van der Waals surface area (Å²) in [5.74, 6) is 0.668. The van der Waals surface area contributed by atoms with Gasteiger partial charge in [0.05, 0.1) is 11.1 Å². The Bertz CT molecular complexity index is 778. The van der Waals surface area contributed by atoms with Gasteiger partial charge in [-0.2, -0.15) is 0 Å². The molecule has 25 heavy (non-hydrogen) atoms. The lowest BCUT2D eigenvalue weighted by molar-refractivity contribution is 0.0778. The first-order valence-electron chi connectivity index (χ1n) is 8.49. The smallest absolute Gasteiger partial charge is 0.254 e. The van der Waals surface area contributed by atoms with Crippen molar-refractivity contribution in [1.29, 1.82) is 0 Å². The Labute approximate surface area is 161 Å². The molecular formula is C19H25Cl2N3O. The van der Waals surface area contributed by atoms with Gasteiger partial charge in [-0.3, -0.25) is 9.78 Å². The molecule has 1 saturated heterocycles. The van der Waals surface area contributed by atoms with E-state index in [2.05, 4.69) is 6.92 Å². The third kappa shape index (κ3) is 3.76. The monoisotopic (exact) mass is 381 g/mol. The lowest BCUT2D eigenvalue weighted by atomic mass is 9.90. The summed E-state index contributed by atoms with van der Waals surface area (Å²) in [4.78, 5) is 19.8. The number of para-hydroxylation sites is 1. The third-order valence-electron chi connectivity index (χ3n) is 5.30.